The third-order valence-corrected chi connectivity index (χ3v) is 3.30. The van der Waals surface area contributed by atoms with E-state index in [9.17, 15) is 4.39 Å². The lowest BCUT2D eigenvalue weighted by atomic mass is 10.0. The summed E-state index contributed by atoms with van der Waals surface area (Å²) in [6.07, 6.45) is 2.39. The van der Waals surface area contributed by atoms with Crippen LogP contribution in [0.15, 0.2) is 24.3 Å². The Hall–Kier alpha value is -1.09. The van der Waals surface area contributed by atoms with Crippen molar-refractivity contribution in [1.29, 1.82) is 0 Å². The zero-order valence-electron chi connectivity index (χ0n) is 9.75. The first kappa shape index (κ1) is 11.4. The Bertz CT molecular complexity index is 334. The van der Waals surface area contributed by atoms with Gasteiger partial charge in [0.05, 0.1) is 5.69 Å². The lowest BCUT2D eigenvalue weighted by Crippen LogP contribution is -2.22. The van der Waals surface area contributed by atoms with Gasteiger partial charge in [0.25, 0.3) is 0 Å². The average molecular weight is 222 g/mol. The van der Waals surface area contributed by atoms with E-state index in [2.05, 4.69) is 5.32 Å². The molecule has 88 valence electrons. The van der Waals surface area contributed by atoms with Gasteiger partial charge in [-0.1, -0.05) is 12.1 Å². The highest BCUT2D eigenvalue weighted by atomic mass is 19.1. The number of para-hydroxylation sites is 1. The number of hydrogen-bond donors (Lipinski definition) is 1. The highest BCUT2D eigenvalue weighted by Crippen LogP contribution is 2.19. The van der Waals surface area contributed by atoms with E-state index in [4.69, 9.17) is 0 Å². The molecule has 16 heavy (non-hydrogen) atoms. The van der Waals surface area contributed by atoms with Gasteiger partial charge < -0.3 is 10.2 Å². The molecule has 1 saturated heterocycles. The smallest absolute Gasteiger partial charge is 0.146 e. The molecule has 1 unspecified atom stereocenters. The number of nitrogens with one attached hydrogen (secondary N) is 1. The molecule has 0 aliphatic carbocycles. The fourth-order valence-corrected chi connectivity index (χ4v) is 2.22. The largest absolute Gasteiger partial charge is 0.372 e. The first-order valence-corrected chi connectivity index (χ1v) is 5.94. The van der Waals surface area contributed by atoms with Crippen molar-refractivity contribution in [2.75, 3.05) is 31.6 Å². The maximum atomic E-state index is 13.5. The lowest BCUT2D eigenvalue weighted by molar-refractivity contribution is 0.530. The molecule has 0 saturated carbocycles. The third kappa shape index (κ3) is 2.73. The van der Waals surface area contributed by atoms with Crippen LogP contribution in [-0.4, -0.2) is 26.7 Å². The van der Waals surface area contributed by atoms with Crippen LogP contribution in [0.1, 0.15) is 12.8 Å². The van der Waals surface area contributed by atoms with Crippen molar-refractivity contribution < 1.29 is 4.39 Å². The average Bonchev–Trinajstić information content (AvgIpc) is 2.79. The Morgan fingerprint density at radius 2 is 2.25 bits per heavy atom. The van der Waals surface area contributed by atoms with E-state index in [0.717, 1.165) is 32.0 Å². The van der Waals surface area contributed by atoms with E-state index in [1.807, 2.05) is 24.1 Å². The number of anilines is 1. The van der Waals surface area contributed by atoms with E-state index in [1.54, 1.807) is 6.07 Å². The maximum Gasteiger partial charge on any atom is 0.146 e. The van der Waals surface area contributed by atoms with Gasteiger partial charge in [-0.05, 0) is 44.0 Å². The standard InChI is InChI=1S/C13H19FN2/c1-16(9-7-11-6-8-15-10-11)13-5-3-2-4-12(13)14/h2-5,11,15H,6-10H2,1H3. The normalized spacial score (nSPS) is 20.0. The Labute approximate surface area is 96.5 Å². The van der Waals surface area contributed by atoms with Crippen LogP contribution in [-0.2, 0) is 0 Å². The predicted molar refractivity (Wildman–Crippen MR) is 65.3 cm³/mol. The highest BCUT2D eigenvalue weighted by Gasteiger charge is 2.15. The van der Waals surface area contributed by atoms with E-state index >= 15 is 0 Å². The second-order valence-corrected chi connectivity index (χ2v) is 4.52. The molecule has 1 aliphatic rings. The van der Waals surface area contributed by atoms with Crippen LogP contribution in [0.5, 0.6) is 0 Å². The summed E-state index contributed by atoms with van der Waals surface area (Å²) in [6, 6.07) is 6.96. The predicted octanol–water partition coefficient (Wildman–Crippen LogP) is 2.26. The molecular formula is C13H19FN2. The van der Waals surface area contributed by atoms with Crippen LogP contribution in [0.3, 0.4) is 0 Å². The molecule has 2 rings (SSSR count). The third-order valence-electron chi connectivity index (χ3n) is 3.30. The maximum absolute atomic E-state index is 13.5. The first-order chi connectivity index (χ1) is 7.77. The van der Waals surface area contributed by atoms with Crippen molar-refractivity contribution in [1.82, 2.24) is 5.32 Å². The quantitative estimate of drug-likeness (QED) is 0.840. The molecule has 1 aromatic carbocycles. The van der Waals surface area contributed by atoms with Gasteiger partial charge >= 0.3 is 0 Å². The van der Waals surface area contributed by atoms with Gasteiger partial charge in [-0.2, -0.15) is 0 Å². The van der Waals surface area contributed by atoms with Crippen molar-refractivity contribution in [3.8, 4) is 0 Å². The fraction of sp³-hybridized carbons (Fsp3) is 0.538. The molecule has 0 aromatic heterocycles. The monoisotopic (exact) mass is 222 g/mol. The molecule has 0 bridgehead atoms. The van der Waals surface area contributed by atoms with Crippen molar-refractivity contribution >= 4 is 5.69 Å². The topological polar surface area (TPSA) is 15.3 Å². The Kier molecular flexibility index (Phi) is 3.78. The molecule has 1 aromatic rings. The van der Waals surface area contributed by atoms with Gasteiger partial charge in [-0.25, -0.2) is 4.39 Å². The molecule has 1 N–H and O–H groups in total. The summed E-state index contributed by atoms with van der Waals surface area (Å²) in [4.78, 5) is 2.01. The zero-order chi connectivity index (χ0) is 11.4. The summed E-state index contributed by atoms with van der Waals surface area (Å²) in [5.41, 5.74) is 0.702. The summed E-state index contributed by atoms with van der Waals surface area (Å²) >= 11 is 0. The Morgan fingerprint density at radius 1 is 1.44 bits per heavy atom. The fourth-order valence-electron chi connectivity index (χ4n) is 2.22. The SMILES string of the molecule is CN(CCC1CCNC1)c1ccccc1F. The van der Waals surface area contributed by atoms with E-state index in [-0.39, 0.29) is 5.82 Å². The number of nitrogens with zero attached hydrogens (tertiary/aromatic N) is 1. The van der Waals surface area contributed by atoms with Crippen LogP contribution in [0.4, 0.5) is 10.1 Å². The van der Waals surface area contributed by atoms with Crippen molar-refractivity contribution in [3.63, 3.8) is 0 Å². The second-order valence-electron chi connectivity index (χ2n) is 4.52. The lowest BCUT2D eigenvalue weighted by Gasteiger charge is -2.21. The van der Waals surface area contributed by atoms with Gasteiger partial charge in [0, 0.05) is 13.6 Å². The minimum Gasteiger partial charge on any atom is -0.372 e. The van der Waals surface area contributed by atoms with Crippen LogP contribution < -0.4 is 10.2 Å². The molecule has 0 radical (unpaired) electrons. The minimum absolute atomic E-state index is 0.130. The molecular weight excluding hydrogens is 203 g/mol. The molecule has 0 spiro atoms. The molecule has 1 atom stereocenters. The van der Waals surface area contributed by atoms with Crippen LogP contribution in [0, 0.1) is 11.7 Å². The van der Waals surface area contributed by atoms with Crippen molar-refractivity contribution in [3.05, 3.63) is 30.1 Å². The summed E-state index contributed by atoms with van der Waals surface area (Å²) in [7, 11) is 1.96. The van der Waals surface area contributed by atoms with Crippen LogP contribution in [0.25, 0.3) is 0 Å². The summed E-state index contributed by atoms with van der Waals surface area (Å²) in [6.45, 7) is 3.17. The van der Waals surface area contributed by atoms with Gasteiger partial charge in [0.15, 0.2) is 0 Å². The van der Waals surface area contributed by atoms with Gasteiger partial charge in [0.2, 0.25) is 0 Å². The molecule has 0 amide bonds. The van der Waals surface area contributed by atoms with Crippen molar-refractivity contribution in [2.24, 2.45) is 5.92 Å². The summed E-state index contributed by atoms with van der Waals surface area (Å²) in [5.74, 6) is 0.628. The molecule has 2 nitrogen and oxygen atoms in total. The molecule has 1 aliphatic heterocycles. The number of hydrogen-bond acceptors (Lipinski definition) is 2. The zero-order valence-corrected chi connectivity index (χ0v) is 9.75. The van der Waals surface area contributed by atoms with E-state index < -0.39 is 0 Å². The molecule has 1 fully saturated rings. The first-order valence-electron chi connectivity index (χ1n) is 5.94. The summed E-state index contributed by atoms with van der Waals surface area (Å²) < 4.78 is 13.5. The number of benzene rings is 1. The minimum atomic E-state index is -0.130. The number of rotatable bonds is 4. The van der Waals surface area contributed by atoms with Crippen LogP contribution >= 0.6 is 0 Å². The highest BCUT2D eigenvalue weighted by molar-refractivity contribution is 5.46. The van der Waals surface area contributed by atoms with Crippen molar-refractivity contribution in [2.45, 2.75) is 12.8 Å². The molecule has 3 heteroatoms. The Balaban J connectivity index is 1.87. The van der Waals surface area contributed by atoms with E-state index in [1.165, 1.54) is 12.5 Å². The van der Waals surface area contributed by atoms with Crippen LogP contribution in [0.2, 0.25) is 0 Å². The van der Waals surface area contributed by atoms with Gasteiger partial charge in [0.1, 0.15) is 5.82 Å². The summed E-state index contributed by atoms with van der Waals surface area (Å²) in [5, 5.41) is 3.35. The van der Waals surface area contributed by atoms with Gasteiger partial charge in [-0.15, -0.1) is 0 Å². The Morgan fingerprint density at radius 3 is 2.94 bits per heavy atom. The van der Waals surface area contributed by atoms with Gasteiger partial charge in [-0.3, -0.25) is 0 Å². The molecule has 1 heterocycles. The second kappa shape index (κ2) is 5.30. The number of halogens is 1. The van der Waals surface area contributed by atoms with E-state index in [0.29, 0.717) is 5.69 Å².